The molecule has 3 aromatic rings. The first-order valence-electron chi connectivity index (χ1n) is 9.06. The zero-order valence-electron chi connectivity index (χ0n) is 15.5. The van der Waals surface area contributed by atoms with Crippen molar-refractivity contribution in [2.45, 2.75) is 39.7 Å². The molecular weight excluding hydrogens is 364 g/mol. The summed E-state index contributed by atoms with van der Waals surface area (Å²) in [5.41, 5.74) is 4.93. The molecule has 0 saturated carbocycles. The number of aryl methyl sites for hydroxylation is 4. The molecule has 1 N–H and O–H groups in total. The average Bonchev–Trinajstić information content (AvgIpc) is 2.92. The topological polar surface area (TPSA) is 64.2 Å². The minimum atomic E-state index is -0.477. The van der Waals surface area contributed by atoms with Gasteiger partial charge in [-0.15, -0.1) is 0 Å². The van der Waals surface area contributed by atoms with Crippen molar-refractivity contribution in [3.05, 3.63) is 68.7 Å². The zero-order valence-corrected chi connectivity index (χ0v) is 16.3. The number of hydrogen-bond acceptors (Lipinski definition) is 3. The van der Waals surface area contributed by atoms with Crippen LogP contribution in [-0.2, 0) is 17.8 Å². The summed E-state index contributed by atoms with van der Waals surface area (Å²) >= 11 is 5.90. The lowest BCUT2D eigenvalue weighted by Gasteiger charge is -2.08. The standard InChI is InChI=1S/C21H23ClN2O3/c1-14-5-6-16(15(2)12-14)4-3-10-23-20(25)9-11-24-18-8-7-17(22)13-19(18)27-21(24)26/h5-8,12-13H,3-4,9-11H2,1-2H3,(H,23,25). The highest BCUT2D eigenvalue weighted by Crippen LogP contribution is 2.18. The van der Waals surface area contributed by atoms with Crippen molar-refractivity contribution in [2.24, 2.45) is 0 Å². The van der Waals surface area contributed by atoms with Gasteiger partial charge in [0.1, 0.15) is 0 Å². The van der Waals surface area contributed by atoms with E-state index in [9.17, 15) is 9.59 Å². The number of oxazole rings is 1. The summed E-state index contributed by atoms with van der Waals surface area (Å²) in [5, 5.41) is 3.42. The van der Waals surface area contributed by atoms with Gasteiger partial charge in [0.15, 0.2) is 5.58 Å². The second kappa shape index (κ2) is 8.44. The lowest BCUT2D eigenvalue weighted by Crippen LogP contribution is -2.27. The number of carbonyl (C=O) groups is 1. The molecular formula is C21H23ClN2O3. The van der Waals surface area contributed by atoms with Gasteiger partial charge in [0.25, 0.3) is 0 Å². The number of halogens is 1. The number of benzene rings is 2. The Labute approximate surface area is 162 Å². The monoisotopic (exact) mass is 386 g/mol. The van der Waals surface area contributed by atoms with Crippen LogP contribution in [0, 0.1) is 13.8 Å². The van der Waals surface area contributed by atoms with Gasteiger partial charge in [-0.3, -0.25) is 9.36 Å². The zero-order chi connectivity index (χ0) is 19.4. The number of nitrogens with one attached hydrogen (secondary N) is 1. The van der Waals surface area contributed by atoms with Crippen molar-refractivity contribution in [1.29, 1.82) is 0 Å². The van der Waals surface area contributed by atoms with Crippen LogP contribution >= 0.6 is 11.6 Å². The fourth-order valence-electron chi connectivity index (χ4n) is 3.19. The van der Waals surface area contributed by atoms with Crippen molar-refractivity contribution in [3.63, 3.8) is 0 Å². The fraction of sp³-hybridized carbons (Fsp3) is 0.333. The van der Waals surface area contributed by atoms with Gasteiger partial charge in [-0.2, -0.15) is 0 Å². The molecule has 0 atom stereocenters. The van der Waals surface area contributed by atoms with Gasteiger partial charge in [-0.25, -0.2) is 4.79 Å². The summed E-state index contributed by atoms with van der Waals surface area (Å²) < 4.78 is 6.63. The highest BCUT2D eigenvalue weighted by molar-refractivity contribution is 6.31. The van der Waals surface area contributed by atoms with Crippen LogP contribution < -0.4 is 11.1 Å². The SMILES string of the molecule is Cc1ccc(CCCNC(=O)CCn2c(=O)oc3cc(Cl)ccc32)c(C)c1. The Balaban J connectivity index is 1.48. The van der Waals surface area contributed by atoms with E-state index in [2.05, 4.69) is 37.4 Å². The van der Waals surface area contributed by atoms with Crippen LogP contribution in [0.1, 0.15) is 29.5 Å². The molecule has 0 spiro atoms. The van der Waals surface area contributed by atoms with E-state index in [1.54, 1.807) is 18.2 Å². The molecule has 0 saturated heterocycles. The number of amides is 1. The van der Waals surface area contributed by atoms with E-state index in [0.717, 1.165) is 12.8 Å². The molecule has 6 heteroatoms. The predicted octanol–water partition coefficient (Wildman–Crippen LogP) is 4.00. The summed E-state index contributed by atoms with van der Waals surface area (Å²) in [6.45, 7) is 5.08. The molecule has 3 rings (SSSR count). The Kier molecular flexibility index (Phi) is 6.01. The second-order valence-electron chi connectivity index (χ2n) is 6.77. The van der Waals surface area contributed by atoms with E-state index in [0.29, 0.717) is 22.7 Å². The predicted molar refractivity (Wildman–Crippen MR) is 107 cm³/mol. The van der Waals surface area contributed by atoms with Gasteiger partial charge in [0.05, 0.1) is 5.52 Å². The molecule has 2 aromatic carbocycles. The Bertz CT molecular complexity index is 1020. The highest BCUT2D eigenvalue weighted by Gasteiger charge is 2.11. The van der Waals surface area contributed by atoms with Crippen LogP contribution in [0.5, 0.6) is 0 Å². The molecule has 1 amide bonds. The number of hydrogen-bond donors (Lipinski definition) is 1. The van der Waals surface area contributed by atoms with Crippen LogP contribution in [0.15, 0.2) is 45.6 Å². The molecule has 0 unspecified atom stereocenters. The van der Waals surface area contributed by atoms with E-state index < -0.39 is 5.76 Å². The molecule has 0 aliphatic carbocycles. The summed E-state index contributed by atoms with van der Waals surface area (Å²) in [7, 11) is 0. The Hall–Kier alpha value is -2.53. The third-order valence-electron chi connectivity index (χ3n) is 4.64. The van der Waals surface area contributed by atoms with Crippen LogP contribution in [0.4, 0.5) is 0 Å². The molecule has 5 nitrogen and oxygen atoms in total. The molecule has 0 radical (unpaired) electrons. The number of fused-ring (bicyclic) bond motifs is 1. The number of nitrogens with zero attached hydrogens (tertiary/aromatic N) is 1. The van der Waals surface area contributed by atoms with Gasteiger partial charge in [0, 0.05) is 30.6 Å². The van der Waals surface area contributed by atoms with Crippen molar-refractivity contribution in [3.8, 4) is 0 Å². The smallest absolute Gasteiger partial charge is 0.408 e. The molecule has 1 aromatic heterocycles. The van der Waals surface area contributed by atoms with Crippen LogP contribution in [0.2, 0.25) is 5.02 Å². The lowest BCUT2D eigenvalue weighted by molar-refractivity contribution is -0.121. The first-order valence-corrected chi connectivity index (χ1v) is 9.43. The maximum Gasteiger partial charge on any atom is 0.419 e. The molecule has 0 fully saturated rings. The molecule has 0 bridgehead atoms. The maximum absolute atomic E-state index is 12.1. The summed E-state index contributed by atoms with van der Waals surface area (Å²) in [4.78, 5) is 24.0. The first kappa shape index (κ1) is 19.2. The van der Waals surface area contributed by atoms with Crippen LogP contribution in [0.25, 0.3) is 11.1 Å². The first-order chi connectivity index (χ1) is 12.9. The average molecular weight is 387 g/mol. The Morgan fingerprint density at radius 3 is 2.78 bits per heavy atom. The molecule has 0 aliphatic rings. The summed E-state index contributed by atoms with van der Waals surface area (Å²) in [6, 6.07) is 11.5. The number of aromatic nitrogens is 1. The van der Waals surface area contributed by atoms with Gasteiger partial charge in [-0.1, -0.05) is 35.4 Å². The molecule has 0 aliphatic heterocycles. The molecule has 142 valence electrons. The van der Waals surface area contributed by atoms with Gasteiger partial charge in [0.2, 0.25) is 5.91 Å². The number of carbonyl (C=O) groups excluding carboxylic acids is 1. The summed E-state index contributed by atoms with van der Waals surface area (Å²) in [5.74, 6) is -0.555. The van der Waals surface area contributed by atoms with E-state index in [-0.39, 0.29) is 18.9 Å². The minimum absolute atomic E-state index is 0.0779. The maximum atomic E-state index is 12.1. The van der Waals surface area contributed by atoms with Gasteiger partial charge in [-0.05, 0) is 49.9 Å². The highest BCUT2D eigenvalue weighted by atomic mass is 35.5. The van der Waals surface area contributed by atoms with E-state index in [1.807, 2.05) is 0 Å². The minimum Gasteiger partial charge on any atom is -0.408 e. The van der Waals surface area contributed by atoms with E-state index >= 15 is 0 Å². The van der Waals surface area contributed by atoms with E-state index in [4.69, 9.17) is 16.0 Å². The van der Waals surface area contributed by atoms with Crippen LogP contribution in [-0.4, -0.2) is 17.0 Å². The Morgan fingerprint density at radius 2 is 2.00 bits per heavy atom. The van der Waals surface area contributed by atoms with Crippen molar-refractivity contribution >= 4 is 28.6 Å². The largest absolute Gasteiger partial charge is 0.419 e. The fourth-order valence-corrected chi connectivity index (χ4v) is 3.35. The molecule has 27 heavy (non-hydrogen) atoms. The lowest BCUT2D eigenvalue weighted by atomic mass is 10.0. The van der Waals surface area contributed by atoms with Gasteiger partial charge >= 0.3 is 5.76 Å². The van der Waals surface area contributed by atoms with Crippen LogP contribution in [0.3, 0.4) is 0 Å². The molecule has 1 heterocycles. The van der Waals surface area contributed by atoms with E-state index in [1.165, 1.54) is 21.3 Å². The second-order valence-corrected chi connectivity index (χ2v) is 7.20. The van der Waals surface area contributed by atoms with Crippen molar-refractivity contribution in [1.82, 2.24) is 9.88 Å². The quantitative estimate of drug-likeness (QED) is 0.624. The van der Waals surface area contributed by atoms with Gasteiger partial charge < -0.3 is 9.73 Å². The normalized spacial score (nSPS) is 11.1. The summed E-state index contributed by atoms with van der Waals surface area (Å²) in [6.07, 6.45) is 2.03. The van der Waals surface area contributed by atoms with Crippen molar-refractivity contribution in [2.75, 3.05) is 6.54 Å². The third kappa shape index (κ3) is 4.80. The van der Waals surface area contributed by atoms with Crippen molar-refractivity contribution < 1.29 is 9.21 Å². The third-order valence-corrected chi connectivity index (χ3v) is 4.87. The Morgan fingerprint density at radius 1 is 1.19 bits per heavy atom. The number of rotatable bonds is 7.